The highest BCUT2D eigenvalue weighted by Crippen LogP contribution is 2.11. The molecule has 2 heterocycles. The molecule has 0 aromatic rings. The molecule has 0 atom stereocenters. The van der Waals surface area contributed by atoms with Crippen molar-refractivity contribution < 1.29 is 4.74 Å². The van der Waals surface area contributed by atoms with Gasteiger partial charge >= 0.3 is 0 Å². The van der Waals surface area contributed by atoms with Crippen LogP contribution in [0.3, 0.4) is 0 Å². The summed E-state index contributed by atoms with van der Waals surface area (Å²) in [7, 11) is 2.20. The summed E-state index contributed by atoms with van der Waals surface area (Å²) in [5, 5.41) is 3.62. The van der Waals surface area contributed by atoms with Gasteiger partial charge in [0, 0.05) is 6.04 Å². The second-order valence-corrected chi connectivity index (χ2v) is 3.98. The quantitative estimate of drug-likeness (QED) is 0.634. The van der Waals surface area contributed by atoms with Crippen LogP contribution in [0.2, 0.25) is 0 Å². The third-order valence-corrected chi connectivity index (χ3v) is 2.83. The fourth-order valence-electron chi connectivity index (χ4n) is 1.84. The SMILES string of the molecule is CN1CCC(NC2COC2)CC1. The average Bonchev–Trinajstić information content (AvgIpc) is 2.00. The van der Waals surface area contributed by atoms with Gasteiger partial charge in [-0.3, -0.25) is 0 Å². The highest BCUT2D eigenvalue weighted by Gasteiger charge is 2.23. The van der Waals surface area contributed by atoms with Gasteiger partial charge in [-0.1, -0.05) is 0 Å². The van der Waals surface area contributed by atoms with E-state index in [1.165, 1.54) is 25.9 Å². The predicted molar refractivity (Wildman–Crippen MR) is 48.3 cm³/mol. The lowest BCUT2D eigenvalue weighted by Gasteiger charge is -2.35. The molecular weight excluding hydrogens is 152 g/mol. The van der Waals surface area contributed by atoms with Gasteiger partial charge in [0.1, 0.15) is 0 Å². The molecule has 0 aliphatic carbocycles. The first-order valence-electron chi connectivity index (χ1n) is 4.87. The van der Waals surface area contributed by atoms with Crippen LogP contribution in [0, 0.1) is 0 Å². The Hall–Kier alpha value is -0.120. The normalized spacial score (nSPS) is 28.8. The molecule has 0 unspecified atom stereocenters. The Labute approximate surface area is 74.1 Å². The van der Waals surface area contributed by atoms with Crippen molar-refractivity contribution in [3.8, 4) is 0 Å². The number of hydrogen-bond donors (Lipinski definition) is 1. The maximum absolute atomic E-state index is 5.12. The van der Waals surface area contributed by atoms with Gasteiger partial charge in [-0.05, 0) is 33.0 Å². The van der Waals surface area contributed by atoms with Crippen LogP contribution in [0.1, 0.15) is 12.8 Å². The van der Waals surface area contributed by atoms with E-state index < -0.39 is 0 Å². The van der Waals surface area contributed by atoms with Crippen molar-refractivity contribution in [3.63, 3.8) is 0 Å². The molecule has 0 spiro atoms. The highest BCUT2D eigenvalue weighted by atomic mass is 16.5. The van der Waals surface area contributed by atoms with Gasteiger partial charge in [-0.25, -0.2) is 0 Å². The topological polar surface area (TPSA) is 24.5 Å². The highest BCUT2D eigenvalue weighted by molar-refractivity contribution is 4.82. The van der Waals surface area contributed by atoms with E-state index in [1.54, 1.807) is 0 Å². The fourth-order valence-corrected chi connectivity index (χ4v) is 1.84. The maximum atomic E-state index is 5.12. The predicted octanol–water partition coefficient (Wildman–Crippen LogP) is 0.0690. The molecule has 2 fully saturated rings. The summed E-state index contributed by atoms with van der Waals surface area (Å²) >= 11 is 0. The van der Waals surface area contributed by atoms with Crippen molar-refractivity contribution in [1.29, 1.82) is 0 Å². The van der Waals surface area contributed by atoms with E-state index >= 15 is 0 Å². The van der Waals surface area contributed by atoms with E-state index in [0.717, 1.165) is 19.3 Å². The second kappa shape index (κ2) is 3.73. The minimum atomic E-state index is 0.651. The van der Waals surface area contributed by atoms with Gasteiger partial charge in [0.2, 0.25) is 0 Å². The van der Waals surface area contributed by atoms with Crippen LogP contribution in [0.5, 0.6) is 0 Å². The monoisotopic (exact) mass is 170 g/mol. The zero-order chi connectivity index (χ0) is 8.39. The first-order valence-corrected chi connectivity index (χ1v) is 4.87. The number of nitrogens with zero attached hydrogens (tertiary/aromatic N) is 1. The van der Waals surface area contributed by atoms with Crippen molar-refractivity contribution in [2.24, 2.45) is 0 Å². The van der Waals surface area contributed by atoms with Gasteiger partial charge < -0.3 is 15.0 Å². The van der Waals surface area contributed by atoms with Gasteiger partial charge in [0.05, 0.1) is 19.3 Å². The largest absolute Gasteiger partial charge is 0.378 e. The number of rotatable bonds is 2. The molecule has 70 valence electrons. The lowest BCUT2D eigenvalue weighted by atomic mass is 10.0. The van der Waals surface area contributed by atoms with Crippen LogP contribution in [0.15, 0.2) is 0 Å². The zero-order valence-electron chi connectivity index (χ0n) is 7.75. The third kappa shape index (κ3) is 1.97. The molecule has 2 aliphatic rings. The Kier molecular flexibility index (Phi) is 2.63. The molecule has 2 saturated heterocycles. The number of nitrogens with one attached hydrogen (secondary N) is 1. The van der Waals surface area contributed by atoms with Crippen molar-refractivity contribution in [1.82, 2.24) is 10.2 Å². The zero-order valence-corrected chi connectivity index (χ0v) is 7.75. The lowest BCUT2D eigenvalue weighted by Crippen LogP contribution is -2.52. The van der Waals surface area contributed by atoms with E-state index in [1.807, 2.05) is 0 Å². The summed E-state index contributed by atoms with van der Waals surface area (Å²) in [4.78, 5) is 2.40. The number of ether oxygens (including phenoxy) is 1. The molecule has 0 radical (unpaired) electrons. The van der Waals surface area contributed by atoms with Crippen molar-refractivity contribution >= 4 is 0 Å². The molecule has 0 saturated carbocycles. The van der Waals surface area contributed by atoms with Crippen LogP contribution < -0.4 is 5.32 Å². The summed E-state index contributed by atoms with van der Waals surface area (Å²) in [6.45, 7) is 4.33. The van der Waals surface area contributed by atoms with Gasteiger partial charge in [-0.15, -0.1) is 0 Å². The van der Waals surface area contributed by atoms with Crippen LogP contribution in [-0.2, 0) is 4.74 Å². The molecule has 1 N–H and O–H groups in total. The second-order valence-electron chi connectivity index (χ2n) is 3.98. The van der Waals surface area contributed by atoms with Crippen molar-refractivity contribution in [2.45, 2.75) is 24.9 Å². The number of hydrogen-bond acceptors (Lipinski definition) is 3. The molecule has 3 heteroatoms. The van der Waals surface area contributed by atoms with Crippen molar-refractivity contribution in [2.75, 3.05) is 33.4 Å². The summed E-state index contributed by atoms with van der Waals surface area (Å²) in [6, 6.07) is 1.40. The van der Waals surface area contributed by atoms with E-state index in [9.17, 15) is 0 Å². The van der Waals surface area contributed by atoms with E-state index in [4.69, 9.17) is 4.74 Å². The average molecular weight is 170 g/mol. The Morgan fingerprint density at radius 2 is 1.83 bits per heavy atom. The van der Waals surface area contributed by atoms with E-state index in [2.05, 4.69) is 17.3 Å². The molecule has 0 amide bonds. The molecule has 0 aromatic heterocycles. The summed E-state index contributed by atoms with van der Waals surface area (Å²) < 4.78 is 5.12. The van der Waals surface area contributed by atoms with Crippen LogP contribution in [-0.4, -0.2) is 50.3 Å². The standard InChI is InChI=1S/C9H18N2O/c1-11-4-2-8(3-5-11)10-9-6-12-7-9/h8-10H,2-7H2,1H3. The number of likely N-dealkylation sites (tertiary alicyclic amines) is 1. The Morgan fingerprint density at radius 1 is 1.17 bits per heavy atom. The van der Waals surface area contributed by atoms with Crippen LogP contribution in [0.4, 0.5) is 0 Å². The molecule has 12 heavy (non-hydrogen) atoms. The maximum Gasteiger partial charge on any atom is 0.0643 e. The minimum absolute atomic E-state index is 0.651. The van der Waals surface area contributed by atoms with E-state index in [-0.39, 0.29) is 0 Å². The molecule has 2 rings (SSSR count). The summed E-state index contributed by atoms with van der Waals surface area (Å²) in [5.41, 5.74) is 0. The number of piperidine rings is 1. The van der Waals surface area contributed by atoms with Gasteiger partial charge in [0.15, 0.2) is 0 Å². The lowest BCUT2D eigenvalue weighted by molar-refractivity contribution is -0.0131. The minimum Gasteiger partial charge on any atom is -0.378 e. The smallest absolute Gasteiger partial charge is 0.0643 e. The first-order chi connectivity index (χ1) is 5.84. The Balaban J connectivity index is 1.67. The Morgan fingerprint density at radius 3 is 2.33 bits per heavy atom. The molecule has 3 nitrogen and oxygen atoms in total. The molecule has 2 aliphatic heterocycles. The van der Waals surface area contributed by atoms with Crippen LogP contribution >= 0.6 is 0 Å². The molecular formula is C9H18N2O. The molecule has 0 bridgehead atoms. The Bertz CT molecular complexity index is 139. The van der Waals surface area contributed by atoms with Crippen molar-refractivity contribution in [3.05, 3.63) is 0 Å². The summed E-state index contributed by atoms with van der Waals surface area (Å²) in [5.74, 6) is 0. The first kappa shape index (κ1) is 8.48. The van der Waals surface area contributed by atoms with Gasteiger partial charge in [-0.2, -0.15) is 0 Å². The fraction of sp³-hybridized carbons (Fsp3) is 1.00. The third-order valence-electron chi connectivity index (χ3n) is 2.83. The van der Waals surface area contributed by atoms with E-state index in [0.29, 0.717) is 6.04 Å². The van der Waals surface area contributed by atoms with Crippen LogP contribution in [0.25, 0.3) is 0 Å². The molecule has 0 aromatic carbocycles. The van der Waals surface area contributed by atoms with Gasteiger partial charge in [0.25, 0.3) is 0 Å². The summed E-state index contributed by atoms with van der Waals surface area (Å²) in [6.07, 6.45) is 2.60.